The first-order valence-corrected chi connectivity index (χ1v) is 6.92. The first kappa shape index (κ1) is 11.8. The van der Waals surface area contributed by atoms with E-state index in [4.69, 9.17) is 22.3 Å². The largest absolute Gasteiger partial charge is 0.232 e. The van der Waals surface area contributed by atoms with Crippen LogP contribution in [0.25, 0.3) is 0 Å². The van der Waals surface area contributed by atoms with Crippen LogP contribution in [0.2, 0.25) is 5.02 Å². The van der Waals surface area contributed by atoms with Crippen molar-refractivity contribution in [2.75, 3.05) is 5.75 Å². The Balaban J connectivity index is 2.87. The van der Waals surface area contributed by atoms with Crippen LogP contribution >= 0.6 is 22.3 Å². The van der Waals surface area contributed by atoms with Crippen LogP contribution in [0.1, 0.15) is 11.1 Å². The molecule has 0 spiro atoms. The molecule has 14 heavy (non-hydrogen) atoms. The molecule has 0 saturated carbocycles. The van der Waals surface area contributed by atoms with E-state index in [1.165, 1.54) is 0 Å². The second kappa shape index (κ2) is 4.51. The Kier molecular flexibility index (Phi) is 3.81. The van der Waals surface area contributed by atoms with Gasteiger partial charge in [0, 0.05) is 15.7 Å². The van der Waals surface area contributed by atoms with E-state index in [0.29, 0.717) is 11.4 Å². The highest BCUT2D eigenvalue weighted by atomic mass is 35.7. The maximum atomic E-state index is 10.7. The fourth-order valence-corrected chi connectivity index (χ4v) is 2.20. The summed E-state index contributed by atoms with van der Waals surface area (Å²) in [7, 11) is 1.67. The monoisotopic (exact) mass is 252 g/mol. The minimum Gasteiger partial charge on any atom is -0.212 e. The third-order valence-corrected chi connectivity index (χ3v) is 3.46. The van der Waals surface area contributed by atoms with Gasteiger partial charge in [-0.3, -0.25) is 0 Å². The maximum Gasteiger partial charge on any atom is 0.232 e. The molecule has 0 heterocycles. The van der Waals surface area contributed by atoms with Crippen molar-refractivity contribution in [3.63, 3.8) is 0 Å². The van der Waals surface area contributed by atoms with Crippen LogP contribution < -0.4 is 0 Å². The smallest absolute Gasteiger partial charge is 0.212 e. The summed E-state index contributed by atoms with van der Waals surface area (Å²) in [4.78, 5) is 0. The van der Waals surface area contributed by atoms with Crippen LogP contribution in [-0.4, -0.2) is 14.2 Å². The average molecular weight is 253 g/mol. The molecule has 0 bridgehead atoms. The van der Waals surface area contributed by atoms with Gasteiger partial charge < -0.3 is 0 Å². The predicted octanol–water partition coefficient (Wildman–Crippen LogP) is 2.76. The number of rotatable bonds is 3. The Hall–Kier alpha value is -0.250. The van der Waals surface area contributed by atoms with Crippen LogP contribution in [0, 0.1) is 6.92 Å². The quantitative estimate of drug-likeness (QED) is 0.776. The Bertz CT molecular complexity index is 406. The van der Waals surface area contributed by atoms with Crippen molar-refractivity contribution in [2.45, 2.75) is 13.3 Å². The molecule has 0 saturated heterocycles. The third kappa shape index (κ3) is 3.48. The summed E-state index contributed by atoms with van der Waals surface area (Å²) >= 11 is 5.92. The summed E-state index contributed by atoms with van der Waals surface area (Å²) in [6.45, 7) is 1.89. The van der Waals surface area contributed by atoms with Crippen LogP contribution in [-0.2, 0) is 15.5 Å². The van der Waals surface area contributed by atoms with Gasteiger partial charge >= 0.3 is 0 Å². The van der Waals surface area contributed by atoms with Gasteiger partial charge in [0.1, 0.15) is 0 Å². The average Bonchev–Trinajstić information content (AvgIpc) is 2.01. The highest BCUT2D eigenvalue weighted by molar-refractivity contribution is 8.13. The molecular weight excluding hydrogens is 243 g/mol. The molecule has 0 aromatic heterocycles. The molecule has 0 atom stereocenters. The molecule has 0 unspecified atom stereocenters. The summed E-state index contributed by atoms with van der Waals surface area (Å²) in [5.41, 5.74) is 1.83. The molecule has 0 aliphatic heterocycles. The molecule has 1 rings (SSSR count). The van der Waals surface area contributed by atoms with E-state index in [9.17, 15) is 8.42 Å². The molecule has 0 N–H and O–H groups in total. The SMILES string of the molecule is Cc1cccc(Cl)c1CCS(=O)(=O)Cl. The first-order valence-electron chi connectivity index (χ1n) is 4.06. The lowest BCUT2D eigenvalue weighted by Crippen LogP contribution is -2.03. The Labute approximate surface area is 93.3 Å². The zero-order valence-electron chi connectivity index (χ0n) is 7.63. The second-order valence-corrected chi connectivity index (χ2v) is 6.33. The number of halogens is 2. The number of hydrogen-bond donors (Lipinski definition) is 0. The normalized spacial score (nSPS) is 11.6. The molecule has 0 aliphatic carbocycles. The molecule has 5 heteroatoms. The van der Waals surface area contributed by atoms with Crippen molar-refractivity contribution in [1.82, 2.24) is 0 Å². The number of benzene rings is 1. The van der Waals surface area contributed by atoms with Gasteiger partial charge in [-0.15, -0.1) is 0 Å². The van der Waals surface area contributed by atoms with Crippen LogP contribution in [0.3, 0.4) is 0 Å². The summed E-state index contributed by atoms with van der Waals surface area (Å²) < 4.78 is 21.5. The lowest BCUT2D eigenvalue weighted by Gasteiger charge is -2.06. The molecule has 78 valence electrons. The van der Waals surface area contributed by atoms with Gasteiger partial charge in [-0.25, -0.2) is 8.42 Å². The van der Waals surface area contributed by atoms with Gasteiger partial charge in [-0.05, 0) is 30.5 Å². The lowest BCUT2D eigenvalue weighted by atomic mass is 10.1. The maximum absolute atomic E-state index is 10.7. The van der Waals surface area contributed by atoms with E-state index in [0.717, 1.165) is 11.1 Å². The van der Waals surface area contributed by atoms with E-state index in [2.05, 4.69) is 0 Å². The fourth-order valence-electron chi connectivity index (χ4n) is 1.21. The van der Waals surface area contributed by atoms with Crippen molar-refractivity contribution in [1.29, 1.82) is 0 Å². The van der Waals surface area contributed by atoms with Crippen molar-refractivity contribution in [3.05, 3.63) is 34.3 Å². The first-order chi connectivity index (χ1) is 6.40. The molecule has 0 amide bonds. The molecule has 0 aliphatic rings. The predicted molar refractivity (Wildman–Crippen MR) is 59.5 cm³/mol. The summed E-state index contributed by atoms with van der Waals surface area (Å²) in [5.74, 6) is -0.0842. The topological polar surface area (TPSA) is 34.1 Å². The number of aryl methyl sites for hydroxylation is 1. The van der Waals surface area contributed by atoms with Gasteiger partial charge in [-0.1, -0.05) is 23.7 Å². The highest BCUT2D eigenvalue weighted by Crippen LogP contribution is 2.20. The minimum absolute atomic E-state index is 0.0842. The van der Waals surface area contributed by atoms with Crippen LogP contribution in [0.5, 0.6) is 0 Å². The fraction of sp³-hybridized carbons (Fsp3) is 0.333. The number of hydrogen-bond acceptors (Lipinski definition) is 2. The molecule has 0 fully saturated rings. The van der Waals surface area contributed by atoms with Gasteiger partial charge in [0.2, 0.25) is 9.05 Å². The van der Waals surface area contributed by atoms with Crippen molar-refractivity contribution in [3.8, 4) is 0 Å². The van der Waals surface area contributed by atoms with Crippen molar-refractivity contribution >= 4 is 31.3 Å². The van der Waals surface area contributed by atoms with Crippen molar-refractivity contribution in [2.24, 2.45) is 0 Å². The van der Waals surface area contributed by atoms with Crippen LogP contribution in [0.4, 0.5) is 0 Å². The zero-order chi connectivity index (χ0) is 10.8. The summed E-state index contributed by atoms with van der Waals surface area (Å²) in [6, 6.07) is 5.46. The minimum atomic E-state index is -3.44. The van der Waals surface area contributed by atoms with Crippen molar-refractivity contribution < 1.29 is 8.42 Å². The Morgan fingerprint density at radius 2 is 2.00 bits per heavy atom. The standard InChI is InChI=1S/C9H10Cl2O2S/c1-7-3-2-4-9(10)8(7)5-6-14(11,12)13/h2-4H,5-6H2,1H3. The van der Waals surface area contributed by atoms with E-state index >= 15 is 0 Å². The third-order valence-electron chi connectivity index (χ3n) is 1.95. The highest BCUT2D eigenvalue weighted by Gasteiger charge is 2.09. The Morgan fingerprint density at radius 1 is 1.36 bits per heavy atom. The Morgan fingerprint density at radius 3 is 2.50 bits per heavy atom. The van der Waals surface area contributed by atoms with E-state index in [-0.39, 0.29) is 5.75 Å². The molecule has 0 radical (unpaired) electrons. The zero-order valence-corrected chi connectivity index (χ0v) is 9.96. The van der Waals surface area contributed by atoms with Gasteiger partial charge in [0.25, 0.3) is 0 Å². The van der Waals surface area contributed by atoms with E-state index in [1.54, 1.807) is 6.07 Å². The molecule has 1 aromatic rings. The lowest BCUT2D eigenvalue weighted by molar-refractivity contribution is 0.609. The summed E-state index contributed by atoms with van der Waals surface area (Å²) in [5, 5.41) is 0.588. The molecule has 2 nitrogen and oxygen atoms in total. The van der Waals surface area contributed by atoms with E-state index < -0.39 is 9.05 Å². The molecule has 1 aromatic carbocycles. The molecular formula is C9H10Cl2O2S. The van der Waals surface area contributed by atoms with Gasteiger partial charge in [-0.2, -0.15) is 0 Å². The van der Waals surface area contributed by atoms with Gasteiger partial charge in [0.15, 0.2) is 0 Å². The summed E-state index contributed by atoms with van der Waals surface area (Å²) in [6.07, 6.45) is 0.358. The van der Waals surface area contributed by atoms with E-state index in [1.807, 2.05) is 19.1 Å². The van der Waals surface area contributed by atoms with Gasteiger partial charge in [0.05, 0.1) is 5.75 Å². The second-order valence-electron chi connectivity index (χ2n) is 3.03. The van der Waals surface area contributed by atoms with Crippen LogP contribution in [0.15, 0.2) is 18.2 Å².